The summed E-state index contributed by atoms with van der Waals surface area (Å²) >= 11 is 0. The van der Waals surface area contributed by atoms with Gasteiger partial charge in [-0.15, -0.1) is 0 Å². The molecule has 90 valence electrons. The van der Waals surface area contributed by atoms with Crippen molar-refractivity contribution in [1.29, 1.82) is 0 Å². The number of primary amides is 1. The van der Waals surface area contributed by atoms with Crippen molar-refractivity contribution in [2.24, 2.45) is 5.73 Å². The molecule has 17 heavy (non-hydrogen) atoms. The maximum absolute atomic E-state index is 10.8. The van der Waals surface area contributed by atoms with Gasteiger partial charge in [0.1, 0.15) is 9.85 Å². The van der Waals surface area contributed by atoms with Crippen LogP contribution in [0.2, 0.25) is 0 Å². The SMILES string of the molecule is NC(=O)OC(c1ccccc1)([N+](=O)[O-])[N+](=O)[O-]. The Balaban J connectivity index is 3.40. The number of carbonyl (C=O) groups is 1. The zero-order valence-electron chi connectivity index (χ0n) is 8.31. The van der Waals surface area contributed by atoms with E-state index in [1.54, 1.807) is 0 Å². The van der Waals surface area contributed by atoms with E-state index in [2.05, 4.69) is 10.5 Å². The molecule has 0 bridgehead atoms. The van der Waals surface area contributed by atoms with Crippen LogP contribution in [-0.2, 0) is 10.6 Å². The molecule has 0 aromatic heterocycles. The highest BCUT2D eigenvalue weighted by Crippen LogP contribution is 2.27. The van der Waals surface area contributed by atoms with Gasteiger partial charge in [-0.3, -0.25) is 20.2 Å². The van der Waals surface area contributed by atoms with E-state index in [9.17, 15) is 25.0 Å². The number of rotatable bonds is 4. The molecule has 0 saturated heterocycles. The van der Waals surface area contributed by atoms with Crippen LogP contribution < -0.4 is 5.73 Å². The summed E-state index contributed by atoms with van der Waals surface area (Å²) < 4.78 is 4.09. The summed E-state index contributed by atoms with van der Waals surface area (Å²) in [5, 5.41) is 21.7. The minimum Gasteiger partial charge on any atom is -0.335 e. The lowest BCUT2D eigenvalue weighted by Crippen LogP contribution is -2.48. The minimum atomic E-state index is -3.22. The molecular formula is C8H7N3O6. The summed E-state index contributed by atoms with van der Waals surface area (Å²) in [4.78, 5) is 29.6. The second-order valence-corrected chi connectivity index (χ2v) is 2.91. The molecule has 0 unspecified atom stereocenters. The van der Waals surface area contributed by atoms with Gasteiger partial charge in [0.2, 0.25) is 0 Å². The monoisotopic (exact) mass is 241 g/mol. The largest absolute Gasteiger partial charge is 0.652 e. The van der Waals surface area contributed by atoms with Crippen LogP contribution >= 0.6 is 0 Å². The Hall–Kier alpha value is -2.71. The fourth-order valence-corrected chi connectivity index (χ4v) is 1.21. The van der Waals surface area contributed by atoms with Crippen LogP contribution in [0.1, 0.15) is 5.56 Å². The first-order chi connectivity index (χ1) is 7.91. The molecule has 0 spiro atoms. The van der Waals surface area contributed by atoms with E-state index in [-0.39, 0.29) is 0 Å². The molecular weight excluding hydrogens is 234 g/mol. The topological polar surface area (TPSA) is 139 Å². The van der Waals surface area contributed by atoms with E-state index >= 15 is 0 Å². The number of nitrogens with two attached hydrogens (primary N) is 1. The van der Waals surface area contributed by atoms with E-state index < -0.39 is 27.4 Å². The predicted octanol–water partition coefficient (Wildman–Crippen LogP) is 0.446. The first kappa shape index (κ1) is 12.4. The van der Waals surface area contributed by atoms with E-state index in [4.69, 9.17) is 0 Å². The Labute approximate surface area is 94.1 Å². The van der Waals surface area contributed by atoms with Crippen LogP contribution in [0.3, 0.4) is 0 Å². The Morgan fingerprint density at radius 1 is 1.18 bits per heavy atom. The van der Waals surface area contributed by atoms with Crippen LogP contribution in [-0.4, -0.2) is 15.9 Å². The lowest BCUT2D eigenvalue weighted by molar-refractivity contribution is -0.858. The van der Waals surface area contributed by atoms with Gasteiger partial charge in [0.05, 0.1) is 0 Å². The maximum atomic E-state index is 10.8. The first-order valence-electron chi connectivity index (χ1n) is 4.24. The predicted molar refractivity (Wildman–Crippen MR) is 52.8 cm³/mol. The number of carbonyl (C=O) groups excluding carboxylic acids is 1. The normalized spacial score (nSPS) is 10.6. The van der Waals surface area contributed by atoms with Crippen molar-refractivity contribution >= 4 is 6.09 Å². The van der Waals surface area contributed by atoms with E-state index in [1.807, 2.05) is 0 Å². The molecule has 0 fully saturated rings. The number of hydrogen-bond acceptors (Lipinski definition) is 6. The van der Waals surface area contributed by atoms with Crippen molar-refractivity contribution in [2.45, 2.75) is 5.85 Å². The third-order valence-electron chi connectivity index (χ3n) is 1.89. The fraction of sp³-hybridized carbons (Fsp3) is 0.125. The van der Waals surface area contributed by atoms with E-state index in [0.29, 0.717) is 0 Å². The van der Waals surface area contributed by atoms with Gasteiger partial charge in [-0.1, -0.05) is 18.2 Å². The second-order valence-electron chi connectivity index (χ2n) is 2.91. The van der Waals surface area contributed by atoms with Gasteiger partial charge in [0, 0.05) is 0 Å². The summed E-state index contributed by atoms with van der Waals surface area (Å²) in [5.74, 6) is -3.22. The third kappa shape index (κ3) is 2.12. The Morgan fingerprint density at radius 3 is 2.00 bits per heavy atom. The van der Waals surface area contributed by atoms with Gasteiger partial charge in [0.15, 0.2) is 5.56 Å². The van der Waals surface area contributed by atoms with E-state index in [0.717, 1.165) is 12.1 Å². The van der Waals surface area contributed by atoms with Gasteiger partial charge >= 0.3 is 11.9 Å². The van der Waals surface area contributed by atoms with Crippen LogP contribution in [0, 0.1) is 20.2 Å². The van der Waals surface area contributed by atoms with Crippen LogP contribution in [0.5, 0.6) is 0 Å². The maximum Gasteiger partial charge on any atom is 0.652 e. The van der Waals surface area contributed by atoms with Gasteiger partial charge in [-0.2, -0.15) is 0 Å². The van der Waals surface area contributed by atoms with Crippen molar-refractivity contribution in [3.05, 3.63) is 56.1 Å². The van der Waals surface area contributed by atoms with Crippen molar-refractivity contribution in [2.75, 3.05) is 0 Å². The molecule has 9 heteroatoms. The quantitative estimate of drug-likeness (QED) is 0.461. The molecule has 0 aliphatic heterocycles. The van der Waals surface area contributed by atoms with Gasteiger partial charge in [0.25, 0.3) is 0 Å². The molecule has 1 aromatic carbocycles. The van der Waals surface area contributed by atoms with Crippen molar-refractivity contribution in [3.63, 3.8) is 0 Å². The van der Waals surface area contributed by atoms with Crippen molar-refractivity contribution in [1.82, 2.24) is 0 Å². The number of benzene rings is 1. The molecule has 2 N–H and O–H groups in total. The molecule has 0 saturated carbocycles. The van der Waals surface area contributed by atoms with Gasteiger partial charge in [-0.25, -0.2) is 4.79 Å². The van der Waals surface area contributed by atoms with Crippen molar-refractivity contribution in [3.8, 4) is 0 Å². The Morgan fingerprint density at radius 2 is 1.65 bits per heavy atom. The zero-order valence-corrected chi connectivity index (χ0v) is 8.31. The highest BCUT2D eigenvalue weighted by molar-refractivity contribution is 5.65. The number of nitro groups is 2. The summed E-state index contributed by atoms with van der Waals surface area (Å²) in [6.07, 6.45) is -1.61. The number of ether oxygens (including phenoxy) is 1. The lowest BCUT2D eigenvalue weighted by Gasteiger charge is -2.14. The number of amides is 1. The fourth-order valence-electron chi connectivity index (χ4n) is 1.21. The van der Waals surface area contributed by atoms with Crippen molar-refractivity contribution < 1.29 is 19.4 Å². The molecule has 0 aliphatic rings. The average Bonchev–Trinajstić information content (AvgIpc) is 2.25. The molecule has 0 radical (unpaired) electrons. The molecule has 1 amide bonds. The molecule has 1 aromatic rings. The summed E-state index contributed by atoms with van der Waals surface area (Å²) in [5.41, 5.74) is 4.21. The van der Waals surface area contributed by atoms with Crippen LogP contribution in [0.4, 0.5) is 4.79 Å². The molecule has 0 aliphatic carbocycles. The lowest BCUT2D eigenvalue weighted by atomic mass is 10.1. The Kier molecular flexibility index (Phi) is 3.22. The number of hydrogen-bond donors (Lipinski definition) is 1. The molecule has 0 atom stereocenters. The summed E-state index contributed by atoms with van der Waals surface area (Å²) in [6, 6.07) is 6.35. The second kappa shape index (κ2) is 4.43. The van der Waals surface area contributed by atoms with Gasteiger partial charge < -0.3 is 10.5 Å². The van der Waals surface area contributed by atoms with Crippen LogP contribution in [0.15, 0.2) is 30.3 Å². The highest BCUT2D eigenvalue weighted by atomic mass is 16.8. The summed E-state index contributed by atoms with van der Waals surface area (Å²) in [6.45, 7) is 0. The summed E-state index contributed by atoms with van der Waals surface area (Å²) in [7, 11) is 0. The zero-order chi connectivity index (χ0) is 13.1. The highest BCUT2D eigenvalue weighted by Gasteiger charge is 2.63. The minimum absolute atomic E-state index is 0.409. The average molecular weight is 241 g/mol. The standard InChI is InChI=1S/C8H7N3O6/c9-7(12)17-8(10(13)14,11(15)16)6-4-2-1-3-5-6/h1-5H,(H2,9,12). The smallest absolute Gasteiger partial charge is 0.335 e. The molecule has 0 heterocycles. The number of nitrogens with zero attached hydrogens (tertiary/aromatic N) is 2. The molecule has 9 nitrogen and oxygen atoms in total. The third-order valence-corrected chi connectivity index (χ3v) is 1.89. The van der Waals surface area contributed by atoms with Gasteiger partial charge in [-0.05, 0) is 12.1 Å². The van der Waals surface area contributed by atoms with E-state index in [1.165, 1.54) is 18.2 Å². The Bertz CT molecular complexity index is 446. The molecule has 1 rings (SSSR count). The van der Waals surface area contributed by atoms with Crippen LogP contribution in [0.25, 0.3) is 0 Å². The first-order valence-corrected chi connectivity index (χ1v) is 4.24.